The predicted molar refractivity (Wildman–Crippen MR) is 188 cm³/mol. The molecule has 1 saturated heterocycles. The third kappa shape index (κ3) is 4.16. The zero-order valence-corrected chi connectivity index (χ0v) is 27.9. The summed E-state index contributed by atoms with van der Waals surface area (Å²) < 4.78 is 13.3. The summed E-state index contributed by atoms with van der Waals surface area (Å²) in [6.07, 6.45) is 6.00. The molecule has 4 aromatic rings. The molecule has 0 N–H and O–H groups in total. The van der Waals surface area contributed by atoms with E-state index in [1.165, 1.54) is 61.2 Å². The van der Waals surface area contributed by atoms with Gasteiger partial charge in [0.25, 0.3) is 0 Å². The van der Waals surface area contributed by atoms with Crippen molar-refractivity contribution in [2.75, 3.05) is 0 Å². The fraction of sp³-hybridized carbons (Fsp3) is 0.333. The largest absolute Gasteiger partial charge is 0.494 e. The van der Waals surface area contributed by atoms with Gasteiger partial charge in [-0.3, -0.25) is 0 Å². The summed E-state index contributed by atoms with van der Waals surface area (Å²) in [5.41, 5.74) is 15.2. The predicted octanol–water partition coefficient (Wildman–Crippen LogP) is 9.75. The molecule has 0 bridgehead atoms. The highest BCUT2D eigenvalue weighted by Crippen LogP contribution is 2.53. The van der Waals surface area contributed by atoms with Gasteiger partial charge in [-0.15, -0.1) is 0 Å². The monoisotopic (exact) mass is 590 g/mol. The Morgan fingerprint density at radius 3 is 1.93 bits per heavy atom. The Kier molecular flexibility index (Phi) is 6.04. The minimum atomic E-state index is -0.418. The van der Waals surface area contributed by atoms with Gasteiger partial charge >= 0.3 is 7.12 Å². The van der Waals surface area contributed by atoms with Crippen molar-refractivity contribution in [1.82, 2.24) is 0 Å². The average molecular weight is 591 g/mol. The molecule has 1 aliphatic heterocycles. The molecule has 3 heteroatoms. The van der Waals surface area contributed by atoms with E-state index in [0.717, 1.165) is 11.9 Å². The Hall–Kier alpha value is -3.66. The molecule has 8 rings (SSSR count). The summed E-state index contributed by atoms with van der Waals surface area (Å²) in [5.74, 6) is 0.272. The van der Waals surface area contributed by atoms with Crippen LogP contribution in [-0.2, 0) is 20.1 Å². The zero-order chi connectivity index (χ0) is 31.5. The Bertz CT molecular complexity index is 1940. The summed E-state index contributed by atoms with van der Waals surface area (Å²) in [7, 11) is -0.418. The third-order valence-electron chi connectivity index (χ3n) is 11.6. The molecule has 0 amide bonds. The SMILES string of the molecule is CC1(C)C2=CC(c3cc(B4OC(C)(C)C(C)(C)O4)cc(-c4ccc5c(c4)C(C)(C)c4ccccc4-5)c3)CC=C2c2ccccc21. The van der Waals surface area contributed by atoms with Crippen LogP contribution in [0.4, 0.5) is 0 Å². The van der Waals surface area contributed by atoms with Crippen molar-refractivity contribution in [2.45, 2.75) is 89.8 Å². The number of benzene rings is 4. The molecule has 2 nitrogen and oxygen atoms in total. The molecule has 0 saturated carbocycles. The van der Waals surface area contributed by atoms with Crippen LogP contribution in [0.5, 0.6) is 0 Å². The molecular formula is C42H43BO2. The molecule has 1 unspecified atom stereocenters. The van der Waals surface area contributed by atoms with E-state index in [-0.39, 0.29) is 16.7 Å². The molecule has 1 fully saturated rings. The summed E-state index contributed by atoms with van der Waals surface area (Å²) in [4.78, 5) is 0. The quantitative estimate of drug-likeness (QED) is 0.221. The molecule has 45 heavy (non-hydrogen) atoms. The van der Waals surface area contributed by atoms with E-state index in [1.54, 1.807) is 0 Å². The van der Waals surface area contributed by atoms with Crippen LogP contribution in [0.15, 0.2) is 103 Å². The van der Waals surface area contributed by atoms with Crippen LogP contribution in [0, 0.1) is 0 Å². The summed E-state index contributed by atoms with van der Waals surface area (Å²) in [6, 6.07) is 31.9. The molecule has 3 aliphatic carbocycles. The van der Waals surface area contributed by atoms with E-state index < -0.39 is 18.3 Å². The number of hydrogen-bond acceptors (Lipinski definition) is 2. The second-order valence-electron chi connectivity index (χ2n) is 15.6. The molecule has 4 aliphatic rings. The first-order chi connectivity index (χ1) is 21.3. The molecular weight excluding hydrogens is 547 g/mol. The fourth-order valence-corrected chi connectivity index (χ4v) is 8.21. The third-order valence-corrected chi connectivity index (χ3v) is 11.6. The first kappa shape index (κ1) is 28.8. The lowest BCUT2D eigenvalue weighted by Crippen LogP contribution is -2.41. The number of fused-ring (bicyclic) bond motifs is 6. The second kappa shape index (κ2) is 9.44. The first-order valence-electron chi connectivity index (χ1n) is 16.6. The lowest BCUT2D eigenvalue weighted by molar-refractivity contribution is 0.00578. The number of allylic oxidation sites excluding steroid dienone is 4. The van der Waals surface area contributed by atoms with Crippen molar-refractivity contribution in [3.63, 3.8) is 0 Å². The van der Waals surface area contributed by atoms with Crippen LogP contribution in [0.2, 0.25) is 0 Å². The van der Waals surface area contributed by atoms with Gasteiger partial charge in [-0.25, -0.2) is 0 Å². The molecule has 1 atom stereocenters. The molecule has 0 radical (unpaired) electrons. The highest BCUT2D eigenvalue weighted by molar-refractivity contribution is 6.62. The van der Waals surface area contributed by atoms with Gasteiger partial charge in [-0.1, -0.05) is 119 Å². The molecule has 0 spiro atoms. The van der Waals surface area contributed by atoms with Gasteiger partial charge in [0.2, 0.25) is 0 Å². The van der Waals surface area contributed by atoms with Gasteiger partial charge in [0.1, 0.15) is 0 Å². The Balaban J connectivity index is 1.25. The van der Waals surface area contributed by atoms with Gasteiger partial charge in [0.15, 0.2) is 0 Å². The summed E-state index contributed by atoms with van der Waals surface area (Å²) >= 11 is 0. The molecule has 1 heterocycles. The maximum Gasteiger partial charge on any atom is 0.494 e. The molecule has 0 aromatic heterocycles. The maximum absolute atomic E-state index is 6.63. The maximum atomic E-state index is 6.63. The van der Waals surface area contributed by atoms with Crippen molar-refractivity contribution < 1.29 is 9.31 Å². The Labute approximate surface area is 269 Å². The van der Waals surface area contributed by atoms with Gasteiger partial charge in [-0.05, 0) is 107 Å². The van der Waals surface area contributed by atoms with E-state index in [2.05, 4.69) is 152 Å². The van der Waals surface area contributed by atoms with E-state index in [9.17, 15) is 0 Å². The number of rotatable bonds is 3. The van der Waals surface area contributed by atoms with Crippen LogP contribution in [-0.4, -0.2) is 18.3 Å². The average Bonchev–Trinajstić information content (AvgIpc) is 3.50. The van der Waals surface area contributed by atoms with Crippen molar-refractivity contribution in [2.24, 2.45) is 0 Å². The summed E-state index contributed by atoms with van der Waals surface area (Å²) in [5, 5.41) is 0. The number of hydrogen-bond donors (Lipinski definition) is 0. The van der Waals surface area contributed by atoms with Gasteiger partial charge in [0.05, 0.1) is 11.2 Å². The molecule has 226 valence electrons. The van der Waals surface area contributed by atoms with Crippen molar-refractivity contribution >= 4 is 18.2 Å². The van der Waals surface area contributed by atoms with E-state index >= 15 is 0 Å². The van der Waals surface area contributed by atoms with Gasteiger partial charge in [0, 0.05) is 16.7 Å². The highest BCUT2D eigenvalue weighted by atomic mass is 16.7. The topological polar surface area (TPSA) is 18.5 Å². The summed E-state index contributed by atoms with van der Waals surface area (Å²) in [6.45, 7) is 18.0. The van der Waals surface area contributed by atoms with E-state index in [4.69, 9.17) is 9.31 Å². The molecule has 4 aromatic carbocycles. The van der Waals surface area contributed by atoms with Crippen molar-refractivity contribution in [1.29, 1.82) is 0 Å². The minimum Gasteiger partial charge on any atom is -0.399 e. The smallest absolute Gasteiger partial charge is 0.399 e. The Morgan fingerprint density at radius 2 is 1.22 bits per heavy atom. The van der Waals surface area contributed by atoms with Gasteiger partial charge < -0.3 is 9.31 Å². The standard InChI is InChI=1S/C42H43BO2/c1-39(2)35-15-11-9-13-31(35)33-19-17-26(24-37(33)39)28-21-29(23-30(22-28)43-44-41(5,6)42(7,8)45-43)27-18-20-34-32-14-10-12-16-36(32)40(3,4)38(34)25-27/h9-17,19-25,27H,18H2,1-8H3. The van der Waals surface area contributed by atoms with E-state index in [1.807, 2.05) is 0 Å². The van der Waals surface area contributed by atoms with Crippen molar-refractivity contribution in [3.05, 3.63) is 130 Å². The van der Waals surface area contributed by atoms with Gasteiger partial charge in [-0.2, -0.15) is 0 Å². The highest BCUT2D eigenvalue weighted by Gasteiger charge is 2.52. The lowest BCUT2D eigenvalue weighted by atomic mass is 9.73. The van der Waals surface area contributed by atoms with Crippen LogP contribution < -0.4 is 5.46 Å². The van der Waals surface area contributed by atoms with Crippen molar-refractivity contribution in [3.8, 4) is 22.3 Å². The fourth-order valence-electron chi connectivity index (χ4n) is 8.21. The minimum absolute atomic E-state index is 0.0200. The Morgan fingerprint density at radius 1 is 0.600 bits per heavy atom. The first-order valence-corrected chi connectivity index (χ1v) is 16.6. The van der Waals surface area contributed by atoms with Crippen LogP contribution in [0.3, 0.4) is 0 Å². The van der Waals surface area contributed by atoms with Crippen LogP contribution in [0.25, 0.3) is 27.8 Å². The zero-order valence-electron chi connectivity index (χ0n) is 27.9. The van der Waals surface area contributed by atoms with Crippen LogP contribution in [0.1, 0.15) is 95.5 Å². The normalized spacial score (nSPS) is 22.7. The van der Waals surface area contributed by atoms with E-state index in [0.29, 0.717) is 0 Å². The second-order valence-corrected chi connectivity index (χ2v) is 15.6. The lowest BCUT2D eigenvalue weighted by Gasteiger charge is -2.32. The van der Waals surface area contributed by atoms with Crippen LogP contribution >= 0.6 is 0 Å².